The molecular weight excluding hydrogens is 493 g/mol. The van der Waals surface area contributed by atoms with E-state index in [1.54, 1.807) is 11.6 Å². The Morgan fingerprint density at radius 2 is 1.66 bits per heavy atom. The number of benzene rings is 3. The molecule has 2 fully saturated rings. The minimum atomic E-state index is -0.124. The van der Waals surface area contributed by atoms with E-state index in [-0.39, 0.29) is 21.7 Å². The van der Waals surface area contributed by atoms with Crippen molar-refractivity contribution in [3.63, 3.8) is 0 Å². The second-order valence-corrected chi connectivity index (χ2v) is 13.3. The van der Waals surface area contributed by atoms with Crippen molar-refractivity contribution in [1.82, 2.24) is 4.90 Å². The Kier molecular flexibility index (Phi) is 7.91. The zero-order chi connectivity index (χ0) is 24.0. The topological polar surface area (TPSA) is 58.4 Å². The first kappa shape index (κ1) is 24.2. The van der Waals surface area contributed by atoms with Gasteiger partial charge in [0.05, 0.1) is 11.4 Å². The number of anilines is 2. The van der Waals surface area contributed by atoms with Crippen molar-refractivity contribution in [2.75, 3.05) is 30.7 Å². The van der Waals surface area contributed by atoms with Crippen LogP contribution in [0.25, 0.3) is 0 Å². The van der Waals surface area contributed by atoms with Gasteiger partial charge in [-0.2, -0.15) is 0 Å². The molecule has 35 heavy (non-hydrogen) atoms. The zero-order valence-corrected chi connectivity index (χ0v) is 22.4. The molecule has 3 N–H and O–H groups in total. The Labute approximate surface area is 216 Å². The fourth-order valence-electron chi connectivity index (χ4n) is 5.14. The van der Waals surface area contributed by atoms with Gasteiger partial charge in [0.25, 0.3) is 0 Å². The van der Waals surface area contributed by atoms with Crippen molar-refractivity contribution in [2.24, 2.45) is 5.92 Å². The molecular formula is C30H36AsN3O. The fraction of sp³-hybridized carbons (Fsp3) is 0.367. The number of nitrogens with two attached hydrogens (primary N) is 1. The molecule has 3 aromatic carbocycles. The van der Waals surface area contributed by atoms with Gasteiger partial charge in [0.2, 0.25) is 0 Å². The summed E-state index contributed by atoms with van der Waals surface area (Å²) in [6.45, 7) is 3.58. The van der Waals surface area contributed by atoms with Gasteiger partial charge >= 0.3 is 165 Å². The third-order valence-electron chi connectivity index (χ3n) is 7.54. The van der Waals surface area contributed by atoms with Gasteiger partial charge in [-0.15, -0.1) is 0 Å². The van der Waals surface area contributed by atoms with Gasteiger partial charge in [-0.25, -0.2) is 0 Å². The summed E-state index contributed by atoms with van der Waals surface area (Å²) in [6, 6.07) is 26.5. The van der Waals surface area contributed by atoms with Crippen molar-refractivity contribution in [1.29, 1.82) is 0 Å². The Morgan fingerprint density at radius 3 is 2.40 bits per heavy atom. The molecule has 3 aromatic rings. The predicted molar refractivity (Wildman–Crippen MR) is 148 cm³/mol. The van der Waals surface area contributed by atoms with E-state index in [1.807, 2.05) is 30.3 Å². The average molecular weight is 530 g/mol. The SMILES string of the molecule is Nc1ccccc1NC(=O)c1ccc(CCN2CCC(C[AsH]C3CC3c3ccccc3)CC2)cc1. The van der Waals surface area contributed by atoms with Crippen molar-refractivity contribution < 1.29 is 4.79 Å². The fourth-order valence-corrected chi connectivity index (χ4v) is 9.21. The molecule has 5 heteroatoms. The molecule has 1 saturated carbocycles. The van der Waals surface area contributed by atoms with Crippen LogP contribution < -0.4 is 11.1 Å². The van der Waals surface area contributed by atoms with Crippen molar-refractivity contribution in [3.8, 4) is 0 Å². The van der Waals surface area contributed by atoms with E-state index in [2.05, 4.69) is 52.7 Å². The molecule has 0 aromatic heterocycles. The van der Waals surface area contributed by atoms with E-state index >= 15 is 0 Å². The molecule has 182 valence electrons. The number of para-hydroxylation sites is 2. The number of hydrogen-bond donors (Lipinski definition) is 2. The second-order valence-electron chi connectivity index (χ2n) is 10.0. The quantitative estimate of drug-likeness (QED) is 0.280. The van der Waals surface area contributed by atoms with Gasteiger partial charge in [-0.3, -0.25) is 4.79 Å². The number of hydrogen-bond acceptors (Lipinski definition) is 3. The van der Waals surface area contributed by atoms with E-state index in [9.17, 15) is 4.79 Å². The van der Waals surface area contributed by atoms with E-state index in [4.69, 9.17) is 5.73 Å². The molecule has 0 radical (unpaired) electrons. The van der Waals surface area contributed by atoms with Gasteiger partial charge in [0.1, 0.15) is 0 Å². The van der Waals surface area contributed by atoms with Crippen LogP contribution in [-0.4, -0.2) is 46.2 Å². The summed E-state index contributed by atoms with van der Waals surface area (Å²) < 4.78 is 1.05. The van der Waals surface area contributed by atoms with Gasteiger partial charge in [0, 0.05) is 0 Å². The Bertz CT molecular complexity index is 1110. The molecule has 5 rings (SSSR count). The van der Waals surface area contributed by atoms with Crippen molar-refractivity contribution in [3.05, 3.63) is 95.6 Å². The van der Waals surface area contributed by atoms with Crippen LogP contribution in [0.3, 0.4) is 0 Å². The van der Waals surface area contributed by atoms with Crippen LogP contribution in [0.2, 0.25) is 9.91 Å². The van der Waals surface area contributed by atoms with Gasteiger partial charge in [-0.1, -0.05) is 12.1 Å². The molecule has 1 heterocycles. The predicted octanol–water partition coefficient (Wildman–Crippen LogP) is 5.61. The number of nitrogens with zero attached hydrogens (tertiary/aromatic N) is 1. The second kappa shape index (κ2) is 11.5. The van der Waals surface area contributed by atoms with Crippen LogP contribution in [0.1, 0.15) is 46.7 Å². The summed E-state index contributed by atoms with van der Waals surface area (Å²) >= 11 is 0.195. The summed E-state index contributed by atoms with van der Waals surface area (Å²) in [7, 11) is 0. The summed E-state index contributed by atoms with van der Waals surface area (Å²) in [6.07, 6.45) is 5.22. The minimum absolute atomic E-state index is 0.124. The van der Waals surface area contributed by atoms with E-state index in [0.717, 1.165) is 29.5 Å². The van der Waals surface area contributed by atoms with E-state index in [0.29, 0.717) is 16.9 Å². The molecule has 1 amide bonds. The normalized spacial score (nSPS) is 20.8. The standard InChI is InChI=1S/C30H36AsN3O/c32-28-8-4-5-9-29(28)33-30(35)25-12-10-22(11-13-25)14-17-34-18-15-23(16-19-34)21-31-27-20-26(27)24-6-2-1-3-7-24/h1-13,23,26-27,31H,14-21,32H2,(H,33,35). The first-order chi connectivity index (χ1) is 17.2. The van der Waals surface area contributed by atoms with Gasteiger partial charge in [0.15, 0.2) is 0 Å². The molecule has 3 atom stereocenters. The summed E-state index contributed by atoms with van der Waals surface area (Å²) in [4.78, 5) is 15.2. The van der Waals surface area contributed by atoms with Crippen molar-refractivity contribution in [2.45, 2.75) is 41.5 Å². The number of rotatable bonds is 9. The zero-order valence-electron chi connectivity index (χ0n) is 20.3. The number of carbonyl (C=O) groups excluding carboxylic acids is 1. The Hall–Kier alpha value is -2.55. The van der Waals surface area contributed by atoms with Crippen LogP contribution in [0.4, 0.5) is 11.4 Å². The number of nitrogens with one attached hydrogen (secondary N) is 1. The van der Waals surface area contributed by atoms with Crippen LogP contribution in [0.5, 0.6) is 0 Å². The summed E-state index contributed by atoms with van der Waals surface area (Å²) in [5, 5.41) is 4.42. The first-order valence-corrected chi connectivity index (χ1v) is 15.6. The molecule has 4 nitrogen and oxygen atoms in total. The van der Waals surface area contributed by atoms with E-state index in [1.165, 1.54) is 43.1 Å². The Balaban J connectivity index is 1.00. The molecule has 1 aliphatic carbocycles. The molecule has 3 unspecified atom stereocenters. The Morgan fingerprint density at radius 1 is 0.943 bits per heavy atom. The maximum absolute atomic E-state index is 12.5. The average Bonchev–Trinajstić information content (AvgIpc) is 3.69. The van der Waals surface area contributed by atoms with Crippen molar-refractivity contribution >= 4 is 33.0 Å². The molecule has 0 spiro atoms. The number of amides is 1. The first-order valence-electron chi connectivity index (χ1n) is 12.9. The van der Waals surface area contributed by atoms with Crippen LogP contribution in [0, 0.1) is 5.92 Å². The number of likely N-dealkylation sites (tertiary alicyclic amines) is 1. The molecule has 0 bridgehead atoms. The monoisotopic (exact) mass is 529 g/mol. The molecule has 1 saturated heterocycles. The van der Waals surface area contributed by atoms with Gasteiger partial charge < -0.3 is 11.1 Å². The van der Waals surface area contributed by atoms with Gasteiger partial charge in [-0.05, 0) is 12.1 Å². The van der Waals surface area contributed by atoms with Crippen LogP contribution >= 0.6 is 0 Å². The number of nitrogen functional groups attached to an aromatic ring is 1. The van der Waals surface area contributed by atoms with E-state index < -0.39 is 0 Å². The van der Waals surface area contributed by atoms with Crippen LogP contribution in [-0.2, 0) is 6.42 Å². The summed E-state index contributed by atoms with van der Waals surface area (Å²) in [5.41, 5.74) is 10.7. The number of piperidine rings is 1. The van der Waals surface area contributed by atoms with Crippen LogP contribution in [0.15, 0.2) is 78.9 Å². The molecule has 1 aliphatic heterocycles. The third-order valence-corrected chi connectivity index (χ3v) is 11.7. The number of carbonyl (C=O) groups is 1. The third kappa shape index (κ3) is 6.57. The maximum atomic E-state index is 12.5. The summed E-state index contributed by atoms with van der Waals surface area (Å²) in [5.74, 6) is 1.71. The molecule has 2 aliphatic rings.